The van der Waals surface area contributed by atoms with Gasteiger partial charge in [-0.2, -0.15) is 0 Å². The van der Waals surface area contributed by atoms with Gasteiger partial charge >= 0.3 is 5.97 Å². The molecule has 0 unspecified atom stereocenters. The molecule has 0 aliphatic carbocycles. The summed E-state index contributed by atoms with van der Waals surface area (Å²) in [5, 5.41) is 9.90. The maximum Gasteiger partial charge on any atom is 0.313 e. The van der Waals surface area contributed by atoms with Gasteiger partial charge < -0.3 is 10.8 Å². The summed E-state index contributed by atoms with van der Waals surface area (Å²) in [7, 11) is 0. The van der Waals surface area contributed by atoms with E-state index in [4.69, 9.17) is 10.8 Å². The fraction of sp³-hybridized carbons (Fsp3) is 0.300. The number of thiophene rings is 1. The lowest BCUT2D eigenvalue weighted by molar-refractivity contribution is -0.133. The Morgan fingerprint density at radius 2 is 2.18 bits per heavy atom. The third-order valence-electron chi connectivity index (χ3n) is 2.36. The molecule has 0 atom stereocenters. The first-order valence-electron chi connectivity index (χ1n) is 4.87. The number of aliphatic carboxylic acids is 1. The zero-order valence-corrected chi connectivity index (χ0v) is 11.0. The number of carbonyl (C=O) groups is 1. The molecule has 0 amide bonds. The molecule has 2 rings (SSSR count). The molecule has 0 saturated heterocycles. The molecule has 0 aliphatic heterocycles. The second kappa shape index (κ2) is 4.50. The zero-order valence-electron chi connectivity index (χ0n) is 9.35. The number of hydrogen-bond acceptors (Lipinski definition) is 6. The predicted molar refractivity (Wildman–Crippen MR) is 69.7 cm³/mol. The summed E-state index contributed by atoms with van der Waals surface area (Å²) in [5.74, 6) is -0.533. The molecule has 0 aromatic carbocycles. The molecular weight excluding hydrogens is 258 g/mol. The molecule has 5 nitrogen and oxygen atoms in total. The highest BCUT2D eigenvalue weighted by Gasteiger charge is 2.13. The minimum absolute atomic E-state index is 0.0612. The fourth-order valence-corrected chi connectivity index (χ4v) is 3.12. The maximum absolute atomic E-state index is 10.5. The van der Waals surface area contributed by atoms with Gasteiger partial charge in [-0.25, -0.2) is 9.97 Å². The summed E-state index contributed by atoms with van der Waals surface area (Å²) >= 11 is 2.63. The van der Waals surface area contributed by atoms with E-state index in [1.165, 1.54) is 0 Å². The number of hydrogen-bond donors (Lipinski definition) is 2. The van der Waals surface area contributed by atoms with Crippen molar-refractivity contribution >= 4 is 45.1 Å². The lowest BCUT2D eigenvalue weighted by Gasteiger charge is -2.01. The van der Waals surface area contributed by atoms with Crippen LogP contribution in [0.1, 0.15) is 10.4 Å². The molecule has 0 saturated carbocycles. The van der Waals surface area contributed by atoms with E-state index in [1.54, 1.807) is 11.3 Å². The van der Waals surface area contributed by atoms with Crippen LogP contribution in [0.4, 0.5) is 5.82 Å². The van der Waals surface area contributed by atoms with Crippen LogP contribution in [0.3, 0.4) is 0 Å². The Bertz CT molecular complexity index is 595. The average molecular weight is 269 g/mol. The summed E-state index contributed by atoms with van der Waals surface area (Å²) in [6.45, 7) is 3.99. The average Bonchev–Trinajstić information content (AvgIpc) is 2.52. The van der Waals surface area contributed by atoms with Crippen LogP contribution in [-0.2, 0) is 4.79 Å². The van der Waals surface area contributed by atoms with E-state index in [0.717, 1.165) is 32.4 Å². The minimum atomic E-state index is -0.893. The van der Waals surface area contributed by atoms with Crippen LogP contribution in [-0.4, -0.2) is 26.8 Å². The number of rotatable bonds is 3. The number of nitrogen functional groups attached to an aromatic ring is 1. The van der Waals surface area contributed by atoms with Crippen molar-refractivity contribution in [3.8, 4) is 0 Å². The molecule has 2 aromatic heterocycles. The zero-order chi connectivity index (χ0) is 12.6. The van der Waals surface area contributed by atoms with E-state index in [1.807, 2.05) is 13.8 Å². The number of fused-ring (bicyclic) bond motifs is 1. The van der Waals surface area contributed by atoms with Crippen LogP contribution < -0.4 is 5.73 Å². The van der Waals surface area contributed by atoms with Crippen molar-refractivity contribution in [2.75, 3.05) is 11.5 Å². The molecule has 17 heavy (non-hydrogen) atoms. The SMILES string of the molecule is Cc1sc2nc(SCC(=O)O)nc(N)c2c1C. The summed E-state index contributed by atoms with van der Waals surface area (Å²) in [5.41, 5.74) is 6.97. The minimum Gasteiger partial charge on any atom is -0.481 e. The van der Waals surface area contributed by atoms with Crippen LogP contribution in [0.25, 0.3) is 10.2 Å². The Kier molecular flexibility index (Phi) is 3.21. The number of anilines is 1. The van der Waals surface area contributed by atoms with Crippen molar-refractivity contribution in [1.29, 1.82) is 0 Å². The molecule has 0 aliphatic rings. The van der Waals surface area contributed by atoms with Crippen molar-refractivity contribution in [3.05, 3.63) is 10.4 Å². The normalized spacial score (nSPS) is 10.9. The summed E-state index contributed by atoms with van der Waals surface area (Å²) < 4.78 is 0. The first-order chi connectivity index (χ1) is 7.99. The molecule has 2 aromatic rings. The van der Waals surface area contributed by atoms with Gasteiger partial charge in [0.1, 0.15) is 10.6 Å². The number of nitrogens with two attached hydrogens (primary N) is 1. The summed E-state index contributed by atoms with van der Waals surface area (Å²) in [4.78, 5) is 20.9. The van der Waals surface area contributed by atoms with E-state index in [-0.39, 0.29) is 5.75 Å². The van der Waals surface area contributed by atoms with Gasteiger partial charge in [0.25, 0.3) is 0 Å². The molecule has 7 heteroatoms. The van der Waals surface area contributed by atoms with Crippen molar-refractivity contribution in [2.45, 2.75) is 19.0 Å². The largest absolute Gasteiger partial charge is 0.481 e. The van der Waals surface area contributed by atoms with E-state index in [9.17, 15) is 4.79 Å². The second-order valence-electron chi connectivity index (χ2n) is 3.54. The molecule has 0 bridgehead atoms. The highest BCUT2D eigenvalue weighted by Crippen LogP contribution is 2.33. The molecule has 2 heterocycles. The number of thioether (sulfide) groups is 1. The van der Waals surface area contributed by atoms with Gasteiger partial charge in [-0.1, -0.05) is 11.8 Å². The van der Waals surface area contributed by atoms with Gasteiger partial charge in [-0.3, -0.25) is 4.79 Å². The van der Waals surface area contributed by atoms with Crippen LogP contribution >= 0.6 is 23.1 Å². The lowest BCUT2D eigenvalue weighted by atomic mass is 10.2. The Hall–Kier alpha value is -1.34. The lowest BCUT2D eigenvalue weighted by Crippen LogP contribution is -2.01. The highest BCUT2D eigenvalue weighted by molar-refractivity contribution is 7.99. The molecule has 0 spiro atoms. The number of carboxylic acids is 1. The Balaban J connectivity index is 2.45. The Morgan fingerprint density at radius 1 is 1.47 bits per heavy atom. The van der Waals surface area contributed by atoms with Gasteiger partial charge in [0.05, 0.1) is 11.1 Å². The van der Waals surface area contributed by atoms with Crippen LogP contribution in [0.2, 0.25) is 0 Å². The van der Waals surface area contributed by atoms with Gasteiger partial charge in [0.2, 0.25) is 0 Å². The molecule has 3 N–H and O–H groups in total. The summed E-state index contributed by atoms with van der Waals surface area (Å²) in [6, 6.07) is 0. The van der Waals surface area contributed by atoms with Crippen molar-refractivity contribution in [3.63, 3.8) is 0 Å². The molecule has 0 radical (unpaired) electrons. The number of aromatic nitrogens is 2. The van der Waals surface area contributed by atoms with Crippen LogP contribution in [0.5, 0.6) is 0 Å². The number of nitrogens with zero attached hydrogens (tertiary/aromatic N) is 2. The van der Waals surface area contributed by atoms with E-state index < -0.39 is 5.97 Å². The number of aryl methyl sites for hydroxylation is 2. The van der Waals surface area contributed by atoms with E-state index in [2.05, 4.69) is 9.97 Å². The van der Waals surface area contributed by atoms with Gasteiger partial charge in [-0.15, -0.1) is 11.3 Å². The fourth-order valence-electron chi connectivity index (χ4n) is 1.45. The quantitative estimate of drug-likeness (QED) is 0.655. The summed E-state index contributed by atoms with van der Waals surface area (Å²) in [6.07, 6.45) is 0. The molecular formula is C10H11N3O2S2. The standard InChI is InChI=1S/C10H11N3O2S2/c1-4-5(2)17-9-7(4)8(11)12-10(13-9)16-3-6(14)15/h3H2,1-2H3,(H,14,15)(H2,11,12,13). The second-order valence-corrected chi connectivity index (χ2v) is 5.68. The van der Waals surface area contributed by atoms with E-state index >= 15 is 0 Å². The topological polar surface area (TPSA) is 89.1 Å². The van der Waals surface area contributed by atoms with Gasteiger partial charge in [-0.05, 0) is 19.4 Å². The Labute approximate surface area is 106 Å². The molecule has 90 valence electrons. The third-order valence-corrected chi connectivity index (χ3v) is 4.29. The monoisotopic (exact) mass is 269 g/mol. The van der Waals surface area contributed by atoms with Gasteiger partial charge in [0.15, 0.2) is 5.16 Å². The first-order valence-corrected chi connectivity index (χ1v) is 6.67. The first kappa shape index (κ1) is 12.1. The van der Waals surface area contributed by atoms with E-state index in [0.29, 0.717) is 11.0 Å². The maximum atomic E-state index is 10.5. The highest BCUT2D eigenvalue weighted by atomic mass is 32.2. The third kappa shape index (κ3) is 2.34. The van der Waals surface area contributed by atoms with Gasteiger partial charge in [0, 0.05) is 4.88 Å². The van der Waals surface area contributed by atoms with Crippen LogP contribution in [0.15, 0.2) is 5.16 Å². The smallest absolute Gasteiger partial charge is 0.313 e. The van der Waals surface area contributed by atoms with Crippen molar-refractivity contribution < 1.29 is 9.90 Å². The predicted octanol–water partition coefficient (Wildman–Crippen LogP) is 2.07. The van der Waals surface area contributed by atoms with Crippen LogP contribution in [0, 0.1) is 13.8 Å². The van der Waals surface area contributed by atoms with Crippen molar-refractivity contribution in [1.82, 2.24) is 9.97 Å². The van der Waals surface area contributed by atoms with Crippen molar-refractivity contribution in [2.24, 2.45) is 0 Å². The molecule has 0 fully saturated rings. The number of carboxylic acid groups (broad SMARTS) is 1. The Morgan fingerprint density at radius 3 is 2.82 bits per heavy atom.